The van der Waals surface area contributed by atoms with Gasteiger partial charge in [0.15, 0.2) is 0 Å². The summed E-state index contributed by atoms with van der Waals surface area (Å²) in [6, 6.07) is 0. The number of rotatable bonds is 10. The molecule has 0 rings (SSSR count). The number of hydrogen-bond acceptors (Lipinski definition) is 2. The molecule has 0 unspecified atom stereocenters. The molecule has 6 nitrogen and oxygen atoms in total. The van der Waals surface area contributed by atoms with Gasteiger partial charge >= 0.3 is 15.2 Å². The number of hydrogen-bond donors (Lipinski definition) is 4. The molecule has 0 aliphatic rings. The topological polar surface area (TPSA) is 115 Å². The van der Waals surface area contributed by atoms with Gasteiger partial charge in [0, 0.05) is 53.2 Å². The summed E-state index contributed by atoms with van der Waals surface area (Å²) >= 11 is 0. The van der Waals surface area contributed by atoms with Crippen LogP contribution in [0.25, 0.3) is 0 Å². The van der Waals surface area contributed by atoms with Crippen LogP contribution in [0.4, 0.5) is 0 Å². The van der Waals surface area contributed by atoms with Gasteiger partial charge in [0.2, 0.25) is 0 Å². The summed E-state index contributed by atoms with van der Waals surface area (Å²) in [7, 11) is -7.41. The molecule has 0 aliphatic heterocycles. The minimum absolute atomic E-state index is 0. The van der Waals surface area contributed by atoms with E-state index >= 15 is 0 Å². The average molecular weight is 477 g/mol. The maximum Gasteiger partial charge on any atom is 0.325 e. The Morgan fingerprint density at radius 2 is 0.905 bits per heavy atom. The van der Waals surface area contributed by atoms with Crippen LogP contribution in [-0.4, -0.2) is 31.9 Å². The molecule has 0 aliphatic carbocycles. The second-order valence-electron chi connectivity index (χ2n) is 4.90. The second kappa shape index (κ2) is 16.5. The minimum atomic E-state index is -3.71. The minimum Gasteiger partial charge on any atom is -0.324 e. The fourth-order valence-corrected chi connectivity index (χ4v) is 2.76. The molecule has 0 aromatic heterocycles. The van der Waals surface area contributed by atoms with E-state index in [9.17, 15) is 9.13 Å². The predicted molar refractivity (Wildman–Crippen MR) is 82.1 cm³/mol. The van der Waals surface area contributed by atoms with E-state index in [2.05, 4.69) is 13.8 Å². The Balaban J connectivity index is -0.000000295. The first kappa shape index (κ1) is 27.5. The zero-order chi connectivity index (χ0) is 16.1. The summed E-state index contributed by atoms with van der Waals surface area (Å²) in [5.41, 5.74) is 0. The standard InChI is InChI=1S/2C6H15O3P.Nd/c2*1-2-3-4-5-6-10(7,8)9;/h2*2-6H2,1H3,(H2,7,8,9);. The Kier molecular flexibility index (Phi) is 21.6. The van der Waals surface area contributed by atoms with E-state index in [-0.39, 0.29) is 53.2 Å². The average Bonchev–Trinajstić information content (AvgIpc) is 2.29. The van der Waals surface area contributed by atoms with E-state index in [0.717, 1.165) is 38.5 Å². The van der Waals surface area contributed by atoms with Gasteiger partial charge in [-0.05, 0) is 12.8 Å². The van der Waals surface area contributed by atoms with Gasteiger partial charge in [-0.1, -0.05) is 52.4 Å². The van der Waals surface area contributed by atoms with Crippen LogP contribution in [0.3, 0.4) is 0 Å². The molecule has 0 saturated carbocycles. The van der Waals surface area contributed by atoms with Crippen LogP contribution < -0.4 is 0 Å². The molecule has 0 fully saturated rings. The van der Waals surface area contributed by atoms with Crippen molar-refractivity contribution in [1.29, 1.82) is 0 Å². The molecule has 0 atom stereocenters. The molecule has 0 aromatic rings. The van der Waals surface area contributed by atoms with Crippen LogP contribution >= 0.6 is 15.2 Å². The van der Waals surface area contributed by atoms with Gasteiger partial charge in [0.25, 0.3) is 0 Å². The van der Waals surface area contributed by atoms with Crippen LogP contribution in [0.15, 0.2) is 0 Å². The number of unbranched alkanes of at least 4 members (excludes halogenated alkanes) is 6. The first-order valence-electron chi connectivity index (χ1n) is 7.21. The summed E-state index contributed by atoms with van der Waals surface area (Å²) in [5, 5.41) is 0. The van der Waals surface area contributed by atoms with Crippen molar-refractivity contribution in [2.75, 3.05) is 12.3 Å². The molecule has 21 heavy (non-hydrogen) atoms. The van der Waals surface area contributed by atoms with Crippen molar-refractivity contribution in [3.05, 3.63) is 0 Å². The molecule has 0 aromatic carbocycles. The third kappa shape index (κ3) is 34.1. The largest absolute Gasteiger partial charge is 0.325 e. The first-order valence-corrected chi connectivity index (χ1v) is 10.8. The first-order chi connectivity index (χ1) is 9.12. The Bertz CT molecular complexity index is 272. The zero-order valence-corrected chi connectivity index (χ0v) is 18.1. The fraction of sp³-hybridized carbons (Fsp3) is 1.00. The quantitative estimate of drug-likeness (QED) is 0.283. The molecular weight excluding hydrogens is 446 g/mol. The summed E-state index contributed by atoms with van der Waals surface area (Å²) in [6.07, 6.45) is 7.60. The smallest absolute Gasteiger partial charge is 0.324 e. The van der Waals surface area contributed by atoms with Crippen molar-refractivity contribution in [3.8, 4) is 0 Å². The summed E-state index contributed by atoms with van der Waals surface area (Å²) in [6.45, 7) is 4.13. The Morgan fingerprint density at radius 1 is 0.619 bits per heavy atom. The van der Waals surface area contributed by atoms with E-state index in [1.807, 2.05) is 0 Å². The second-order valence-corrected chi connectivity index (χ2v) is 8.45. The Hall–Kier alpha value is 1.65. The third-order valence-corrected chi connectivity index (χ3v) is 4.40. The van der Waals surface area contributed by atoms with Crippen LogP contribution in [0.5, 0.6) is 0 Å². The van der Waals surface area contributed by atoms with Crippen molar-refractivity contribution in [2.24, 2.45) is 0 Å². The normalized spacial score (nSPS) is 11.3. The monoisotopic (exact) mass is 474 g/mol. The van der Waals surface area contributed by atoms with Crippen LogP contribution in [0, 0.1) is 40.8 Å². The van der Waals surface area contributed by atoms with E-state index in [0.29, 0.717) is 12.8 Å². The van der Waals surface area contributed by atoms with Gasteiger partial charge in [-0.25, -0.2) is 0 Å². The van der Waals surface area contributed by atoms with E-state index in [1.54, 1.807) is 0 Å². The summed E-state index contributed by atoms with van der Waals surface area (Å²) < 4.78 is 20.6. The summed E-state index contributed by atoms with van der Waals surface area (Å²) in [5.74, 6) is 0. The van der Waals surface area contributed by atoms with Gasteiger partial charge in [0.1, 0.15) is 0 Å². The molecule has 0 amide bonds. The molecule has 0 spiro atoms. The van der Waals surface area contributed by atoms with Gasteiger partial charge in [-0.3, -0.25) is 9.13 Å². The van der Waals surface area contributed by atoms with Gasteiger partial charge in [-0.2, -0.15) is 0 Å². The third-order valence-electron chi connectivity index (χ3n) is 2.61. The molecule has 4 N–H and O–H groups in total. The molecule has 0 heterocycles. The van der Waals surface area contributed by atoms with Crippen molar-refractivity contribution in [3.63, 3.8) is 0 Å². The maximum absolute atomic E-state index is 10.3. The predicted octanol–water partition coefficient (Wildman–Crippen LogP) is 3.49. The van der Waals surface area contributed by atoms with Gasteiger partial charge in [0.05, 0.1) is 0 Å². The van der Waals surface area contributed by atoms with Gasteiger partial charge < -0.3 is 19.6 Å². The van der Waals surface area contributed by atoms with Crippen molar-refractivity contribution in [2.45, 2.75) is 65.2 Å². The Morgan fingerprint density at radius 3 is 1.10 bits per heavy atom. The SMILES string of the molecule is CCCCCCP(=O)(O)O.CCCCCCP(=O)(O)O.[Nd]. The van der Waals surface area contributed by atoms with Crippen LogP contribution in [0.1, 0.15) is 65.2 Å². The molecular formula is C12H30NdO6P2. The van der Waals surface area contributed by atoms with E-state index < -0.39 is 15.2 Å². The molecule has 0 bridgehead atoms. The van der Waals surface area contributed by atoms with Crippen LogP contribution in [0.2, 0.25) is 0 Å². The van der Waals surface area contributed by atoms with Gasteiger partial charge in [-0.15, -0.1) is 0 Å². The van der Waals surface area contributed by atoms with Crippen molar-refractivity contribution < 1.29 is 69.5 Å². The van der Waals surface area contributed by atoms with E-state index in [4.69, 9.17) is 19.6 Å². The molecule has 9 heteroatoms. The van der Waals surface area contributed by atoms with Crippen molar-refractivity contribution in [1.82, 2.24) is 0 Å². The molecule has 0 saturated heterocycles. The van der Waals surface area contributed by atoms with Crippen molar-refractivity contribution >= 4 is 15.2 Å². The fourth-order valence-electron chi connectivity index (χ4n) is 1.49. The zero-order valence-electron chi connectivity index (χ0n) is 13.1. The van der Waals surface area contributed by atoms with Crippen LogP contribution in [-0.2, 0) is 9.13 Å². The maximum atomic E-state index is 10.3. The van der Waals surface area contributed by atoms with E-state index in [1.165, 1.54) is 0 Å². The molecule has 128 valence electrons. The molecule has 0 radical (unpaired) electrons. The Labute approximate surface area is 161 Å². The summed E-state index contributed by atoms with van der Waals surface area (Å²) in [4.78, 5) is 33.7.